The largest absolute Gasteiger partial charge is 0.489 e. The number of aryl methyl sites for hydroxylation is 1. The summed E-state index contributed by atoms with van der Waals surface area (Å²) < 4.78 is 41.7. The second-order valence-electron chi connectivity index (χ2n) is 4.37. The van der Waals surface area contributed by atoms with Gasteiger partial charge in [0.2, 0.25) is 0 Å². The van der Waals surface area contributed by atoms with Crippen molar-refractivity contribution in [2.45, 2.75) is 18.4 Å². The molecule has 0 saturated carbocycles. The molecule has 0 atom stereocenters. The molecule has 0 saturated heterocycles. The molecule has 0 radical (unpaired) electrons. The van der Waals surface area contributed by atoms with Crippen LogP contribution in [0.2, 0.25) is 5.02 Å². The Morgan fingerprint density at radius 3 is 2.57 bits per heavy atom. The van der Waals surface area contributed by atoms with Crippen molar-refractivity contribution in [1.82, 2.24) is 0 Å². The van der Waals surface area contributed by atoms with Gasteiger partial charge in [0, 0.05) is 16.2 Å². The minimum absolute atomic E-state index is 0.0151. The first-order chi connectivity index (χ1) is 9.79. The van der Waals surface area contributed by atoms with E-state index in [1.165, 1.54) is 24.3 Å². The summed E-state index contributed by atoms with van der Waals surface area (Å²) in [5.74, 6) is -0.119. The van der Waals surface area contributed by atoms with Crippen LogP contribution in [-0.4, -0.2) is 8.42 Å². The summed E-state index contributed by atoms with van der Waals surface area (Å²) in [5.41, 5.74) is 0.767. The van der Waals surface area contributed by atoms with Crippen LogP contribution in [0, 0.1) is 12.7 Å². The van der Waals surface area contributed by atoms with Gasteiger partial charge in [-0.3, -0.25) is 0 Å². The van der Waals surface area contributed by atoms with Gasteiger partial charge in [0.15, 0.2) is 0 Å². The van der Waals surface area contributed by atoms with E-state index < -0.39 is 14.9 Å². The molecule has 112 valence electrons. The first-order valence-electron chi connectivity index (χ1n) is 5.90. The Labute approximate surface area is 131 Å². The maximum atomic E-state index is 13.7. The Bertz CT molecular complexity index is 776. The highest BCUT2D eigenvalue weighted by Crippen LogP contribution is 2.25. The van der Waals surface area contributed by atoms with Crippen LogP contribution in [0.3, 0.4) is 0 Å². The SMILES string of the molecule is Cc1cc(OCc2cccc(Cl)c2F)ccc1S(=O)(=O)Cl. The van der Waals surface area contributed by atoms with Crippen molar-refractivity contribution >= 4 is 31.3 Å². The van der Waals surface area contributed by atoms with Crippen molar-refractivity contribution in [3.8, 4) is 5.75 Å². The number of benzene rings is 2. The molecule has 21 heavy (non-hydrogen) atoms. The average Bonchev–Trinajstić information content (AvgIpc) is 2.39. The van der Waals surface area contributed by atoms with Gasteiger partial charge in [-0.1, -0.05) is 23.7 Å². The van der Waals surface area contributed by atoms with E-state index in [0.717, 1.165) is 0 Å². The normalized spacial score (nSPS) is 11.4. The zero-order valence-electron chi connectivity index (χ0n) is 10.9. The van der Waals surface area contributed by atoms with Gasteiger partial charge < -0.3 is 4.74 Å². The zero-order chi connectivity index (χ0) is 15.6. The smallest absolute Gasteiger partial charge is 0.261 e. The molecule has 2 aromatic carbocycles. The lowest BCUT2D eigenvalue weighted by Crippen LogP contribution is -2.00. The molecule has 0 N–H and O–H groups in total. The average molecular weight is 349 g/mol. The molecular weight excluding hydrogens is 338 g/mol. The van der Waals surface area contributed by atoms with Crippen molar-refractivity contribution in [2.75, 3.05) is 0 Å². The van der Waals surface area contributed by atoms with Gasteiger partial charge in [-0.05, 0) is 36.8 Å². The maximum absolute atomic E-state index is 13.7. The fourth-order valence-electron chi connectivity index (χ4n) is 1.81. The monoisotopic (exact) mass is 348 g/mol. The summed E-state index contributed by atoms with van der Waals surface area (Å²) >= 11 is 5.68. The topological polar surface area (TPSA) is 43.4 Å². The van der Waals surface area contributed by atoms with Crippen LogP contribution in [0.25, 0.3) is 0 Å². The van der Waals surface area contributed by atoms with Gasteiger partial charge in [0.05, 0.1) is 9.92 Å². The molecule has 0 bridgehead atoms. The lowest BCUT2D eigenvalue weighted by molar-refractivity contribution is 0.299. The minimum Gasteiger partial charge on any atom is -0.489 e. The number of halogens is 3. The second kappa shape index (κ2) is 6.22. The Morgan fingerprint density at radius 1 is 1.24 bits per heavy atom. The molecular formula is C14H11Cl2FO3S. The third-order valence-corrected chi connectivity index (χ3v) is 4.61. The molecule has 0 heterocycles. The van der Waals surface area contributed by atoms with Gasteiger partial charge in [-0.15, -0.1) is 0 Å². The summed E-state index contributed by atoms with van der Waals surface area (Å²) in [7, 11) is 1.50. The molecule has 0 spiro atoms. The van der Waals surface area contributed by atoms with E-state index in [-0.39, 0.29) is 16.5 Å². The fraction of sp³-hybridized carbons (Fsp3) is 0.143. The molecule has 0 amide bonds. The standard InChI is InChI=1S/C14H11Cl2FO3S/c1-9-7-11(5-6-13(9)21(16,18)19)20-8-10-3-2-4-12(15)14(10)17/h2-7H,8H2,1H3. The Kier molecular flexibility index (Phi) is 4.76. The van der Waals surface area contributed by atoms with Crippen LogP contribution < -0.4 is 4.74 Å². The highest BCUT2D eigenvalue weighted by molar-refractivity contribution is 8.13. The molecule has 2 aromatic rings. The predicted molar refractivity (Wildman–Crippen MR) is 80.0 cm³/mol. The highest BCUT2D eigenvalue weighted by atomic mass is 35.7. The van der Waals surface area contributed by atoms with E-state index in [1.54, 1.807) is 19.1 Å². The van der Waals surface area contributed by atoms with E-state index in [9.17, 15) is 12.8 Å². The van der Waals surface area contributed by atoms with Gasteiger partial charge in [-0.25, -0.2) is 12.8 Å². The lowest BCUT2D eigenvalue weighted by Gasteiger charge is -2.10. The quantitative estimate of drug-likeness (QED) is 0.774. The van der Waals surface area contributed by atoms with Crippen LogP contribution in [-0.2, 0) is 15.7 Å². The number of ether oxygens (including phenoxy) is 1. The summed E-state index contributed by atoms with van der Waals surface area (Å²) in [4.78, 5) is 0.0189. The Balaban J connectivity index is 2.18. The van der Waals surface area contributed by atoms with Crippen LogP contribution >= 0.6 is 22.3 Å². The van der Waals surface area contributed by atoms with Crippen LogP contribution in [0.1, 0.15) is 11.1 Å². The predicted octanol–water partition coefficient (Wildman–Crippen LogP) is 4.29. The van der Waals surface area contributed by atoms with Crippen molar-refractivity contribution < 1.29 is 17.5 Å². The minimum atomic E-state index is -3.79. The van der Waals surface area contributed by atoms with E-state index >= 15 is 0 Å². The van der Waals surface area contributed by atoms with E-state index in [4.69, 9.17) is 27.0 Å². The third-order valence-electron chi connectivity index (χ3n) is 2.83. The lowest BCUT2D eigenvalue weighted by atomic mass is 10.2. The molecule has 0 aliphatic carbocycles. The van der Waals surface area contributed by atoms with Gasteiger partial charge in [0.25, 0.3) is 9.05 Å². The van der Waals surface area contributed by atoms with Crippen LogP contribution in [0.4, 0.5) is 4.39 Å². The van der Waals surface area contributed by atoms with Crippen LogP contribution in [0.15, 0.2) is 41.3 Å². The first-order valence-corrected chi connectivity index (χ1v) is 8.59. The fourth-order valence-corrected chi connectivity index (χ4v) is 3.19. The van der Waals surface area contributed by atoms with Crippen molar-refractivity contribution in [3.05, 3.63) is 58.4 Å². The number of hydrogen-bond acceptors (Lipinski definition) is 3. The summed E-state index contributed by atoms with van der Waals surface area (Å²) in [5, 5.41) is 0.0239. The van der Waals surface area contributed by atoms with Gasteiger partial charge in [0.1, 0.15) is 18.2 Å². The highest BCUT2D eigenvalue weighted by Gasteiger charge is 2.14. The molecule has 0 fully saturated rings. The molecule has 3 nitrogen and oxygen atoms in total. The summed E-state index contributed by atoms with van der Waals surface area (Å²) in [6, 6.07) is 8.97. The molecule has 0 aliphatic heterocycles. The zero-order valence-corrected chi connectivity index (χ0v) is 13.3. The van der Waals surface area contributed by atoms with Crippen molar-refractivity contribution in [3.63, 3.8) is 0 Å². The number of hydrogen-bond donors (Lipinski definition) is 0. The second-order valence-corrected chi connectivity index (χ2v) is 7.31. The van der Waals surface area contributed by atoms with Crippen molar-refractivity contribution in [1.29, 1.82) is 0 Å². The Hall–Kier alpha value is -1.30. The summed E-state index contributed by atoms with van der Waals surface area (Å²) in [6.45, 7) is 1.58. The molecule has 7 heteroatoms. The number of rotatable bonds is 4. The summed E-state index contributed by atoms with van der Waals surface area (Å²) in [6.07, 6.45) is 0. The maximum Gasteiger partial charge on any atom is 0.261 e. The Morgan fingerprint density at radius 2 is 1.95 bits per heavy atom. The third kappa shape index (κ3) is 3.87. The molecule has 0 aliphatic rings. The van der Waals surface area contributed by atoms with Gasteiger partial charge in [-0.2, -0.15) is 0 Å². The van der Waals surface area contributed by atoms with E-state index in [1.807, 2.05) is 0 Å². The van der Waals surface area contributed by atoms with Gasteiger partial charge >= 0.3 is 0 Å². The molecule has 0 unspecified atom stereocenters. The molecule has 0 aromatic heterocycles. The first kappa shape index (κ1) is 16.1. The van der Waals surface area contributed by atoms with Crippen LogP contribution in [0.5, 0.6) is 5.75 Å². The van der Waals surface area contributed by atoms with E-state index in [2.05, 4.69) is 0 Å². The van der Waals surface area contributed by atoms with Crippen molar-refractivity contribution in [2.24, 2.45) is 0 Å². The molecule has 2 rings (SSSR count). The van der Waals surface area contributed by atoms with E-state index in [0.29, 0.717) is 16.9 Å².